The number of esters is 1. The van der Waals surface area contributed by atoms with Crippen molar-refractivity contribution >= 4 is 5.97 Å². The van der Waals surface area contributed by atoms with Crippen LogP contribution in [0.15, 0.2) is 30.6 Å². The summed E-state index contributed by atoms with van der Waals surface area (Å²) in [6, 6.07) is 5.67. The number of aryl methyl sites for hydroxylation is 1. The van der Waals surface area contributed by atoms with Crippen LogP contribution in [-0.2, 0) is 23.0 Å². The fraction of sp³-hybridized carbons (Fsp3) is 0.308. The maximum absolute atomic E-state index is 11.4. The standard InChI is InChI=1S/C13H15N3O2/c1-3-18-13(17)8-11-7-12(15-16(11)2)10-5-4-6-14-9-10/h4-7,9H,3,8H2,1-2H3. The summed E-state index contributed by atoms with van der Waals surface area (Å²) < 4.78 is 6.62. The van der Waals surface area contributed by atoms with Gasteiger partial charge in [0, 0.05) is 30.7 Å². The molecule has 5 heteroatoms. The predicted molar refractivity (Wildman–Crippen MR) is 66.8 cm³/mol. The van der Waals surface area contributed by atoms with E-state index in [-0.39, 0.29) is 12.4 Å². The second kappa shape index (κ2) is 5.44. The molecule has 0 atom stereocenters. The Bertz CT molecular complexity index is 534. The van der Waals surface area contributed by atoms with E-state index in [0.717, 1.165) is 17.0 Å². The molecule has 2 rings (SSSR count). The van der Waals surface area contributed by atoms with E-state index in [4.69, 9.17) is 4.74 Å². The first-order valence-corrected chi connectivity index (χ1v) is 5.79. The minimum Gasteiger partial charge on any atom is -0.466 e. The number of rotatable bonds is 4. The van der Waals surface area contributed by atoms with Crippen molar-refractivity contribution in [2.45, 2.75) is 13.3 Å². The zero-order valence-corrected chi connectivity index (χ0v) is 10.5. The average molecular weight is 245 g/mol. The van der Waals surface area contributed by atoms with E-state index in [0.29, 0.717) is 6.61 Å². The topological polar surface area (TPSA) is 57.0 Å². The molecular weight excluding hydrogens is 230 g/mol. The quantitative estimate of drug-likeness (QED) is 0.767. The maximum atomic E-state index is 11.4. The first-order chi connectivity index (χ1) is 8.70. The van der Waals surface area contributed by atoms with Crippen LogP contribution in [0.1, 0.15) is 12.6 Å². The Hall–Kier alpha value is -2.17. The highest BCUT2D eigenvalue weighted by Gasteiger charge is 2.11. The lowest BCUT2D eigenvalue weighted by Gasteiger charge is -2.01. The van der Waals surface area contributed by atoms with Crippen LogP contribution in [0.3, 0.4) is 0 Å². The highest BCUT2D eigenvalue weighted by molar-refractivity contribution is 5.72. The van der Waals surface area contributed by atoms with Crippen LogP contribution in [0, 0.1) is 0 Å². The molecule has 0 radical (unpaired) electrons. The van der Waals surface area contributed by atoms with Crippen molar-refractivity contribution in [2.24, 2.45) is 7.05 Å². The number of pyridine rings is 1. The minimum atomic E-state index is -0.238. The van der Waals surface area contributed by atoms with Crippen LogP contribution in [-0.4, -0.2) is 27.3 Å². The minimum absolute atomic E-state index is 0.234. The van der Waals surface area contributed by atoms with Crippen LogP contribution in [0.2, 0.25) is 0 Å². The number of carbonyl (C=O) groups excluding carboxylic acids is 1. The van der Waals surface area contributed by atoms with E-state index in [1.165, 1.54) is 0 Å². The normalized spacial score (nSPS) is 10.3. The fourth-order valence-electron chi connectivity index (χ4n) is 1.69. The lowest BCUT2D eigenvalue weighted by Crippen LogP contribution is -2.10. The van der Waals surface area contributed by atoms with Crippen molar-refractivity contribution < 1.29 is 9.53 Å². The molecule has 0 amide bonds. The molecule has 0 aliphatic rings. The molecule has 2 aromatic heterocycles. The van der Waals surface area contributed by atoms with Crippen LogP contribution in [0.5, 0.6) is 0 Å². The van der Waals surface area contributed by atoms with Gasteiger partial charge >= 0.3 is 5.97 Å². The van der Waals surface area contributed by atoms with Gasteiger partial charge in [0.25, 0.3) is 0 Å². The van der Waals surface area contributed by atoms with Gasteiger partial charge in [-0.15, -0.1) is 0 Å². The lowest BCUT2D eigenvalue weighted by atomic mass is 10.2. The summed E-state index contributed by atoms with van der Waals surface area (Å²) in [5.41, 5.74) is 2.57. The van der Waals surface area contributed by atoms with Crippen LogP contribution in [0.25, 0.3) is 11.3 Å². The monoisotopic (exact) mass is 245 g/mol. The number of nitrogens with zero attached hydrogens (tertiary/aromatic N) is 3. The van der Waals surface area contributed by atoms with Crippen molar-refractivity contribution in [3.8, 4) is 11.3 Å². The average Bonchev–Trinajstić information content (AvgIpc) is 2.72. The highest BCUT2D eigenvalue weighted by atomic mass is 16.5. The van der Waals surface area contributed by atoms with Gasteiger partial charge in [-0.3, -0.25) is 14.5 Å². The second-order valence-electron chi connectivity index (χ2n) is 3.87. The number of ether oxygens (including phenoxy) is 1. The molecule has 0 spiro atoms. The van der Waals surface area contributed by atoms with E-state index in [2.05, 4.69) is 10.1 Å². The molecule has 0 N–H and O–H groups in total. The molecule has 0 aliphatic carbocycles. The van der Waals surface area contributed by atoms with Crippen LogP contribution in [0.4, 0.5) is 0 Å². The molecule has 0 saturated carbocycles. The molecule has 2 aromatic rings. The predicted octanol–water partition coefficient (Wildman–Crippen LogP) is 1.59. The number of carbonyl (C=O) groups is 1. The zero-order valence-electron chi connectivity index (χ0n) is 10.5. The molecular formula is C13H15N3O2. The summed E-state index contributed by atoms with van der Waals surface area (Å²) in [4.78, 5) is 15.5. The van der Waals surface area contributed by atoms with Crippen molar-refractivity contribution in [1.29, 1.82) is 0 Å². The first kappa shape index (κ1) is 12.3. The lowest BCUT2D eigenvalue weighted by molar-refractivity contribution is -0.142. The summed E-state index contributed by atoms with van der Waals surface area (Å²) >= 11 is 0. The number of hydrogen-bond donors (Lipinski definition) is 0. The summed E-state index contributed by atoms with van der Waals surface area (Å²) in [5.74, 6) is -0.238. The largest absolute Gasteiger partial charge is 0.466 e. The molecule has 2 heterocycles. The Labute approximate surface area is 105 Å². The van der Waals surface area contributed by atoms with E-state index in [9.17, 15) is 4.79 Å². The Balaban J connectivity index is 2.20. The van der Waals surface area contributed by atoms with Gasteiger partial charge in [-0.25, -0.2) is 0 Å². The smallest absolute Gasteiger partial charge is 0.311 e. The van der Waals surface area contributed by atoms with Crippen molar-refractivity contribution in [3.05, 3.63) is 36.3 Å². The van der Waals surface area contributed by atoms with Gasteiger partial charge < -0.3 is 4.74 Å². The Morgan fingerprint density at radius 3 is 3.00 bits per heavy atom. The molecule has 0 bridgehead atoms. The van der Waals surface area contributed by atoms with Gasteiger partial charge in [0.1, 0.15) is 0 Å². The van der Waals surface area contributed by atoms with Gasteiger partial charge in [-0.05, 0) is 25.1 Å². The second-order valence-corrected chi connectivity index (χ2v) is 3.87. The summed E-state index contributed by atoms with van der Waals surface area (Å²) in [5, 5.41) is 4.36. The highest BCUT2D eigenvalue weighted by Crippen LogP contribution is 2.17. The van der Waals surface area contributed by atoms with Gasteiger partial charge in [0.05, 0.1) is 18.7 Å². The van der Waals surface area contributed by atoms with Crippen LogP contribution < -0.4 is 0 Å². The molecule has 5 nitrogen and oxygen atoms in total. The summed E-state index contributed by atoms with van der Waals surface area (Å²) in [7, 11) is 1.81. The van der Waals surface area contributed by atoms with E-state index < -0.39 is 0 Å². The Morgan fingerprint density at radius 1 is 1.50 bits per heavy atom. The number of aromatic nitrogens is 3. The van der Waals surface area contributed by atoms with Crippen molar-refractivity contribution in [2.75, 3.05) is 6.61 Å². The molecule has 0 unspecified atom stereocenters. The van der Waals surface area contributed by atoms with Gasteiger partial charge in [-0.1, -0.05) is 0 Å². The summed E-state index contributed by atoms with van der Waals surface area (Å²) in [6.07, 6.45) is 3.69. The van der Waals surface area contributed by atoms with Crippen molar-refractivity contribution in [1.82, 2.24) is 14.8 Å². The molecule has 0 fully saturated rings. The zero-order chi connectivity index (χ0) is 13.0. The third-order valence-corrected chi connectivity index (χ3v) is 2.56. The fourth-order valence-corrected chi connectivity index (χ4v) is 1.69. The molecule has 0 aromatic carbocycles. The molecule has 94 valence electrons. The van der Waals surface area contributed by atoms with Crippen molar-refractivity contribution in [3.63, 3.8) is 0 Å². The van der Waals surface area contributed by atoms with E-state index >= 15 is 0 Å². The van der Waals surface area contributed by atoms with Gasteiger partial charge in [-0.2, -0.15) is 5.10 Å². The van der Waals surface area contributed by atoms with E-state index in [1.807, 2.05) is 25.2 Å². The third kappa shape index (κ3) is 2.74. The van der Waals surface area contributed by atoms with Crippen LogP contribution >= 0.6 is 0 Å². The number of hydrogen-bond acceptors (Lipinski definition) is 4. The molecule has 0 aliphatic heterocycles. The Kier molecular flexibility index (Phi) is 3.72. The van der Waals surface area contributed by atoms with Gasteiger partial charge in [0.15, 0.2) is 0 Å². The SMILES string of the molecule is CCOC(=O)Cc1cc(-c2cccnc2)nn1C. The molecule has 18 heavy (non-hydrogen) atoms. The van der Waals surface area contributed by atoms with E-state index in [1.54, 1.807) is 24.0 Å². The van der Waals surface area contributed by atoms with Gasteiger partial charge in [0.2, 0.25) is 0 Å². The first-order valence-electron chi connectivity index (χ1n) is 5.79. The Morgan fingerprint density at radius 2 is 2.33 bits per heavy atom. The third-order valence-electron chi connectivity index (χ3n) is 2.56. The summed E-state index contributed by atoms with van der Waals surface area (Å²) in [6.45, 7) is 2.19. The molecule has 0 saturated heterocycles. The maximum Gasteiger partial charge on any atom is 0.311 e.